The van der Waals surface area contributed by atoms with Crippen molar-refractivity contribution in [3.8, 4) is 5.75 Å². The van der Waals surface area contributed by atoms with E-state index in [1.165, 1.54) is 17.4 Å². The highest BCUT2D eigenvalue weighted by Gasteiger charge is 2.22. The topological polar surface area (TPSA) is 90.0 Å². The van der Waals surface area contributed by atoms with Gasteiger partial charge in [-0.05, 0) is 47.8 Å². The molecule has 30 heavy (non-hydrogen) atoms. The molecule has 0 radical (unpaired) electrons. The highest BCUT2D eigenvalue weighted by Crippen LogP contribution is 2.26. The number of Topliss-reactive ketones (excluding diaryl/α,β-unsaturated/α-hetero) is 1. The van der Waals surface area contributed by atoms with Crippen LogP contribution < -0.4 is 9.04 Å². The van der Waals surface area contributed by atoms with Crippen molar-refractivity contribution in [1.29, 1.82) is 0 Å². The lowest BCUT2D eigenvalue weighted by molar-refractivity contribution is -0.144. The van der Waals surface area contributed by atoms with Crippen LogP contribution in [0.4, 0.5) is 5.69 Å². The second kappa shape index (κ2) is 9.61. The highest BCUT2D eigenvalue weighted by molar-refractivity contribution is 7.94. The van der Waals surface area contributed by atoms with Crippen molar-refractivity contribution in [2.75, 3.05) is 24.6 Å². The molecule has 7 nitrogen and oxygen atoms in total. The monoisotopic (exact) mass is 485 g/mol. The minimum Gasteiger partial charge on any atom is -0.482 e. The number of thiophene rings is 2. The quantitative estimate of drug-likeness (QED) is 0.335. The summed E-state index contributed by atoms with van der Waals surface area (Å²) in [4.78, 5) is 24.1. The molecule has 0 aliphatic rings. The summed E-state index contributed by atoms with van der Waals surface area (Å²) in [5, 5.41) is 1.69. The average Bonchev–Trinajstić information content (AvgIpc) is 3.42. The molecule has 11 heteroatoms. The molecule has 0 aliphatic heterocycles. The second-order valence-electron chi connectivity index (χ2n) is 5.87. The number of benzene rings is 1. The molecule has 0 aliphatic carbocycles. The number of ketones is 1. The van der Waals surface area contributed by atoms with Crippen LogP contribution in [0.5, 0.6) is 5.75 Å². The molecule has 0 amide bonds. The lowest BCUT2D eigenvalue weighted by Gasteiger charge is -2.18. The first kappa shape index (κ1) is 22.3. The Kier molecular flexibility index (Phi) is 7.14. The van der Waals surface area contributed by atoms with E-state index in [1.54, 1.807) is 47.8 Å². The summed E-state index contributed by atoms with van der Waals surface area (Å²) in [6.45, 7) is -0.787. The van der Waals surface area contributed by atoms with Gasteiger partial charge in [0.15, 0.2) is 13.2 Å². The van der Waals surface area contributed by atoms with Crippen LogP contribution >= 0.6 is 34.3 Å². The van der Waals surface area contributed by atoms with Crippen molar-refractivity contribution in [1.82, 2.24) is 0 Å². The standard InChI is InChI=1S/C19H16ClNO6S3/c1-21(30(24,25)19-3-2-10-28-19)13-4-6-14(7-5-13)26-12-18(23)27-11-15(22)16-8-9-17(20)29-16/h2-10H,11-12H2,1H3. The molecule has 158 valence electrons. The van der Waals surface area contributed by atoms with Gasteiger partial charge in [-0.25, -0.2) is 13.2 Å². The molecule has 0 unspecified atom stereocenters. The first-order valence-electron chi connectivity index (χ1n) is 8.47. The molecular weight excluding hydrogens is 470 g/mol. The molecule has 3 aromatic rings. The maximum Gasteiger partial charge on any atom is 0.344 e. The van der Waals surface area contributed by atoms with Crippen LogP contribution in [-0.4, -0.2) is 40.4 Å². The molecule has 3 rings (SSSR count). The van der Waals surface area contributed by atoms with Gasteiger partial charge in [-0.1, -0.05) is 17.7 Å². The fourth-order valence-corrected chi connectivity index (χ4v) is 5.63. The summed E-state index contributed by atoms with van der Waals surface area (Å²) < 4.78 is 37.2. The number of carbonyl (C=O) groups is 2. The van der Waals surface area contributed by atoms with E-state index < -0.39 is 22.6 Å². The second-order valence-corrected chi connectivity index (χ2v) is 10.7. The van der Waals surface area contributed by atoms with Gasteiger partial charge in [-0.3, -0.25) is 9.10 Å². The Bertz CT molecular complexity index is 1120. The van der Waals surface area contributed by atoms with E-state index in [4.69, 9.17) is 21.1 Å². The van der Waals surface area contributed by atoms with Gasteiger partial charge in [-0.2, -0.15) is 0 Å². The van der Waals surface area contributed by atoms with E-state index in [-0.39, 0.29) is 16.6 Å². The number of hydrogen-bond donors (Lipinski definition) is 0. The third kappa shape index (κ3) is 5.39. The summed E-state index contributed by atoms with van der Waals surface area (Å²) in [5.74, 6) is -0.693. The van der Waals surface area contributed by atoms with Crippen molar-refractivity contribution in [2.45, 2.75) is 4.21 Å². The molecule has 0 bridgehead atoms. The SMILES string of the molecule is CN(c1ccc(OCC(=O)OCC(=O)c2ccc(Cl)s2)cc1)S(=O)(=O)c1cccs1. The zero-order chi connectivity index (χ0) is 21.7. The Morgan fingerprint density at radius 3 is 2.40 bits per heavy atom. The van der Waals surface area contributed by atoms with Crippen LogP contribution in [0, 0.1) is 0 Å². The maximum absolute atomic E-state index is 12.5. The van der Waals surface area contributed by atoms with E-state index in [1.807, 2.05) is 0 Å². The zero-order valence-corrected chi connectivity index (χ0v) is 18.8. The molecule has 2 heterocycles. The van der Waals surface area contributed by atoms with E-state index in [0.717, 1.165) is 22.7 Å². The van der Waals surface area contributed by atoms with E-state index in [9.17, 15) is 18.0 Å². The predicted octanol–water partition coefficient (Wildman–Crippen LogP) is 4.09. The van der Waals surface area contributed by atoms with Gasteiger partial charge in [0.25, 0.3) is 10.0 Å². The van der Waals surface area contributed by atoms with Crippen LogP contribution in [-0.2, 0) is 19.6 Å². The summed E-state index contributed by atoms with van der Waals surface area (Å²) >= 11 is 8.02. The van der Waals surface area contributed by atoms with Crippen LogP contribution in [0.25, 0.3) is 0 Å². The minimum atomic E-state index is -3.63. The van der Waals surface area contributed by atoms with E-state index in [0.29, 0.717) is 20.7 Å². The number of sulfonamides is 1. The fourth-order valence-electron chi connectivity index (χ4n) is 2.30. The Morgan fingerprint density at radius 2 is 1.80 bits per heavy atom. The predicted molar refractivity (Wildman–Crippen MR) is 116 cm³/mol. The van der Waals surface area contributed by atoms with E-state index in [2.05, 4.69) is 0 Å². The summed E-state index contributed by atoms with van der Waals surface area (Å²) in [7, 11) is -2.17. The number of nitrogens with zero attached hydrogens (tertiary/aromatic N) is 1. The zero-order valence-electron chi connectivity index (χ0n) is 15.6. The molecule has 0 saturated heterocycles. The van der Waals surface area contributed by atoms with Gasteiger partial charge in [0, 0.05) is 7.05 Å². The smallest absolute Gasteiger partial charge is 0.344 e. The van der Waals surface area contributed by atoms with Crippen molar-refractivity contribution in [2.24, 2.45) is 0 Å². The summed E-state index contributed by atoms with van der Waals surface area (Å²) in [6.07, 6.45) is 0. The normalized spacial score (nSPS) is 11.1. The van der Waals surface area contributed by atoms with Crippen molar-refractivity contribution < 1.29 is 27.5 Å². The molecule has 0 spiro atoms. The van der Waals surface area contributed by atoms with Gasteiger partial charge in [-0.15, -0.1) is 22.7 Å². The first-order chi connectivity index (χ1) is 14.3. The number of ether oxygens (including phenoxy) is 2. The van der Waals surface area contributed by atoms with Crippen molar-refractivity contribution in [3.63, 3.8) is 0 Å². The van der Waals surface area contributed by atoms with Crippen molar-refractivity contribution >= 4 is 61.7 Å². The Hall–Kier alpha value is -2.40. The molecule has 1 aromatic carbocycles. The third-order valence-corrected chi connectivity index (χ3v) is 8.31. The molecule has 2 aromatic heterocycles. The average molecular weight is 486 g/mol. The lowest BCUT2D eigenvalue weighted by Crippen LogP contribution is -2.25. The number of halogens is 1. The van der Waals surface area contributed by atoms with Gasteiger partial charge < -0.3 is 9.47 Å². The number of anilines is 1. The summed E-state index contributed by atoms with van der Waals surface area (Å²) in [6, 6.07) is 12.6. The first-order valence-corrected chi connectivity index (χ1v) is 12.0. The molecule has 0 N–H and O–H groups in total. The summed E-state index contributed by atoms with van der Waals surface area (Å²) in [5.41, 5.74) is 0.443. The van der Waals surface area contributed by atoms with Gasteiger partial charge >= 0.3 is 5.97 Å². The number of hydrogen-bond acceptors (Lipinski definition) is 8. The Labute approximate surface area is 186 Å². The van der Waals surface area contributed by atoms with Crippen LogP contribution in [0.1, 0.15) is 9.67 Å². The molecule has 0 atom stereocenters. The van der Waals surface area contributed by atoms with Crippen LogP contribution in [0.2, 0.25) is 4.34 Å². The Balaban J connectivity index is 1.51. The van der Waals surface area contributed by atoms with Crippen LogP contribution in [0.3, 0.4) is 0 Å². The minimum absolute atomic E-state index is 0.243. The number of esters is 1. The van der Waals surface area contributed by atoms with E-state index >= 15 is 0 Å². The fraction of sp³-hybridized carbons (Fsp3) is 0.158. The molecular formula is C19H16ClNO6S3. The van der Waals surface area contributed by atoms with Gasteiger partial charge in [0.05, 0.1) is 14.9 Å². The lowest BCUT2D eigenvalue weighted by atomic mass is 10.3. The van der Waals surface area contributed by atoms with Crippen molar-refractivity contribution in [3.05, 3.63) is 63.1 Å². The van der Waals surface area contributed by atoms with Gasteiger partial charge in [0.2, 0.25) is 5.78 Å². The molecule has 0 fully saturated rings. The molecule has 0 saturated carbocycles. The van der Waals surface area contributed by atoms with Crippen LogP contribution in [0.15, 0.2) is 58.1 Å². The number of rotatable bonds is 9. The Morgan fingerprint density at radius 1 is 1.07 bits per heavy atom. The highest BCUT2D eigenvalue weighted by atomic mass is 35.5. The largest absolute Gasteiger partial charge is 0.482 e. The number of carbonyl (C=O) groups excluding carboxylic acids is 2. The third-order valence-electron chi connectivity index (χ3n) is 3.88. The van der Waals surface area contributed by atoms with Gasteiger partial charge in [0.1, 0.15) is 9.96 Å². The maximum atomic E-state index is 12.5.